The summed E-state index contributed by atoms with van der Waals surface area (Å²) in [7, 11) is 1.26. The molecule has 0 saturated carbocycles. The van der Waals surface area contributed by atoms with Crippen LogP contribution < -0.4 is 5.32 Å². The zero-order valence-corrected chi connectivity index (χ0v) is 13.2. The molecule has 124 valence electrons. The van der Waals surface area contributed by atoms with Gasteiger partial charge in [0.15, 0.2) is 0 Å². The van der Waals surface area contributed by atoms with Gasteiger partial charge in [-0.05, 0) is 12.5 Å². The third-order valence-corrected chi connectivity index (χ3v) is 3.63. The third-order valence-electron chi connectivity index (χ3n) is 3.63. The summed E-state index contributed by atoms with van der Waals surface area (Å²) in [5.74, 6) is -1.10. The van der Waals surface area contributed by atoms with Crippen molar-refractivity contribution in [3.63, 3.8) is 0 Å². The van der Waals surface area contributed by atoms with Gasteiger partial charge in [-0.1, -0.05) is 30.3 Å². The molecule has 7 nitrogen and oxygen atoms in total. The van der Waals surface area contributed by atoms with Gasteiger partial charge in [0.05, 0.1) is 13.0 Å². The van der Waals surface area contributed by atoms with Crippen molar-refractivity contribution in [1.29, 1.82) is 0 Å². The van der Waals surface area contributed by atoms with Crippen LogP contribution in [0.3, 0.4) is 0 Å². The lowest BCUT2D eigenvalue weighted by molar-refractivity contribution is -0.145. The maximum absolute atomic E-state index is 11.9. The van der Waals surface area contributed by atoms with E-state index in [9.17, 15) is 14.4 Å². The first-order chi connectivity index (χ1) is 11.0. The zero-order valence-electron chi connectivity index (χ0n) is 13.2. The van der Waals surface area contributed by atoms with Crippen molar-refractivity contribution in [1.82, 2.24) is 10.2 Å². The number of nitrogens with zero attached hydrogens (tertiary/aromatic N) is 1. The van der Waals surface area contributed by atoms with Gasteiger partial charge in [0.2, 0.25) is 5.91 Å². The molecule has 0 aromatic heterocycles. The summed E-state index contributed by atoms with van der Waals surface area (Å²) < 4.78 is 9.72. The van der Waals surface area contributed by atoms with E-state index in [1.165, 1.54) is 12.0 Å². The van der Waals surface area contributed by atoms with E-state index in [0.717, 1.165) is 5.56 Å². The van der Waals surface area contributed by atoms with Crippen molar-refractivity contribution in [2.45, 2.75) is 19.6 Å². The number of likely N-dealkylation sites (tertiary alicyclic amines) is 1. The van der Waals surface area contributed by atoms with Gasteiger partial charge in [-0.25, -0.2) is 9.59 Å². The fourth-order valence-corrected chi connectivity index (χ4v) is 2.17. The van der Waals surface area contributed by atoms with Gasteiger partial charge in [-0.2, -0.15) is 0 Å². The highest BCUT2D eigenvalue weighted by molar-refractivity contribution is 5.87. The molecule has 1 fully saturated rings. The van der Waals surface area contributed by atoms with E-state index < -0.39 is 18.1 Å². The molecule has 1 heterocycles. The highest BCUT2D eigenvalue weighted by Gasteiger charge is 2.37. The van der Waals surface area contributed by atoms with Crippen LogP contribution in [0.2, 0.25) is 0 Å². The van der Waals surface area contributed by atoms with Crippen LogP contribution in [0.25, 0.3) is 0 Å². The first-order valence-corrected chi connectivity index (χ1v) is 7.35. The Kier molecular flexibility index (Phi) is 5.56. The molecule has 7 heteroatoms. The summed E-state index contributed by atoms with van der Waals surface area (Å²) >= 11 is 0. The van der Waals surface area contributed by atoms with E-state index in [-0.39, 0.29) is 31.5 Å². The number of rotatable bonds is 5. The van der Waals surface area contributed by atoms with Crippen LogP contribution in [0.4, 0.5) is 4.79 Å². The van der Waals surface area contributed by atoms with Crippen molar-refractivity contribution >= 4 is 18.0 Å². The van der Waals surface area contributed by atoms with E-state index in [2.05, 4.69) is 10.1 Å². The second-order valence-corrected chi connectivity index (χ2v) is 5.40. The number of ether oxygens (including phenoxy) is 2. The molecule has 1 aliphatic heterocycles. The SMILES string of the molecule is COC(=O)C(C)NC(=O)C1CN(C(=O)OCc2ccccc2)C1. The van der Waals surface area contributed by atoms with Crippen molar-refractivity contribution < 1.29 is 23.9 Å². The molecule has 0 aliphatic carbocycles. The fourth-order valence-electron chi connectivity index (χ4n) is 2.17. The Bertz CT molecular complexity index is 569. The predicted molar refractivity (Wildman–Crippen MR) is 81.3 cm³/mol. The molecule has 0 bridgehead atoms. The lowest BCUT2D eigenvalue weighted by Crippen LogP contribution is -2.57. The number of carbonyl (C=O) groups is 3. The molecule has 2 rings (SSSR count). The largest absolute Gasteiger partial charge is 0.467 e. The Labute approximate surface area is 134 Å². The van der Waals surface area contributed by atoms with Gasteiger partial charge >= 0.3 is 12.1 Å². The van der Waals surface area contributed by atoms with E-state index in [1.54, 1.807) is 6.92 Å². The Morgan fingerprint density at radius 1 is 1.26 bits per heavy atom. The van der Waals surface area contributed by atoms with Crippen LogP contribution in [-0.4, -0.2) is 49.1 Å². The van der Waals surface area contributed by atoms with Crippen molar-refractivity contribution in [3.8, 4) is 0 Å². The maximum Gasteiger partial charge on any atom is 0.410 e. The molecule has 1 aromatic rings. The molecule has 1 aliphatic rings. The Hall–Kier alpha value is -2.57. The number of hydrogen-bond donors (Lipinski definition) is 1. The van der Waals surface area contributed by atoms with Crippen LogP contribution in [-0.2, 0) is 25.7 Å². The van der Waals surface area contributed by atoms with Gasteiger partial charge in [0.25, 0.3) is 0 Å². The summed E-state index contributed by atoms with van der Waals surface area (Å²) in [6.07, 6.45) is -0.445. The van der Waals surface area contributed by atoms with Crippen LogP contribution in [0.5, 0.6) is 0 Å². The van der Waals surface area contributed by atoms with E-state index in [0.29, 0.717) is 0 Å². The maximum atomic E-state index is 11.9. The normalized spacial score (nSPS) is 15.3. The molecule has 1 saturated heterocycles. The Balaban J connectivity index is 1.70. The Morgan fingerprint density at radius 3 is 2.52 bits per heavy atom. The number of esters is 1. The molecule has 23 heavy (non-hydrogen) atoms. The summed E-state index contributed by atoms with van der Waals surface area (Å²) in [6, 6.07) is 8.67. The average molecular weight is 320 g/mol. The Morgan fingerprint density at radius 2 is 1.91 bits per heavy atom. The lowest BCUT2D eigenvalue weighted by Gasteiger charge is -2.37. The summed E-state index contributed by atoms with van der Waals surface area (Å²) in [4.78, 5) is 36.4. The quantitative estimate of drug-likeness (QED) is 0.816. The molecule has 1 atom stereocenters. The lowest BCUT2D eigenvalue weighted by atomic mass is 9.99. The topological polar surface area (TPSA) is 84.9 Å². The first kappa shape index (κ1) is 16.8. The second-order valence-electron chi connectivity index (χ2n) is 5.40. The van der Waals surface area contributed by atoms with Crippen molar-refractivity contribution in [2.24, 2.45) is 5.92 Å². The minimum atomic E-state index is -0.702. The molecule has 1 unspecified atom stereocenters. The predicted octanol–water partition coefficient (Wildman–Crippen LogP) is 0.933. The fraction of sp³-hybridized carbons (Fsp3) is 0.438. The van der Waals surface area contributed by atoms with E-state index in [1.807, 2.05) is 30.3 Å². The minimum Gasteiger partial charge on any atom is -0.467 e. The van der Waals surface area contributed by atoms with Crippen molar-refractivity contribution in [2.75, 3.05) is 20.2 Å². The number of hydrogen-bond acceptors (Lipinski definition) is 5. The zero-order chi connectivity index (χ0) is 16.8. The van der Waals surface area contributed by atoms with E-state index in [4.69, 9.17) is 4.74 Å². The van der Waals surface area contributed by atoms with Gasteiger partial charge in [0.1, 0.15) is 12.6 Å². The van der Waals surface area contributed by atoms with Crippen LogP contribution in [0.15, 0.2) is 30.3 Å². The first-order valence-electron chi connectivity index (χ1n) is 7.35. The molecular weight excluding hydrogens is 300 g/mol. The number of amides is 2. The number of nitrogens with one attached hydrogen (secondary N) is 1. The number of benzene rings is 1. The molecule has 1 aromatic carbocycles. The smallest absolute Gasteiger partial charge is 0.410 e. The third kappa shape index (κ3) is 4.45. The summed E-state index contributed by atoms with van der Waals surface area (Å²) in [5, 5.41) is 2.56. The van der Waals surface area contributed by atoms with Crippen LogP contribution in [0, 0.1) is 5.92 Å². The number of carbonyl (C=O) groups excluding carboxylic acids is 3. The monoisotopic (exact) mass is 320 g/mol. The number of methoxy groups -OCH3 is 1. The summed E-state index contributed by atoms with van der Waals surface area (Å²) in [5.41, 5.74) is 0.905. The molecule has 0 radical (unpaired) electrons. The van der Waals surface area contributed by atoms with Crippen molar-refractivity contribution in [3.05, 3.63) is 35.9 Å². The summed E-state index contributed by atoms with van der Waals surface area (Å²) in [6.45, 7) is 2.32. The highest BCUT2D eigenvalue weighted by atomic mass is 16.6. The highest BCUT2D eigenvalue weighted by Crippen LogP contribution is 2.17. The van der Waals surface area contributed by atoms with E-state index >= 15 is 0 Å². The molecule has 2 amide bonds. The van der Waals surface area contributed by atoms with Gasteiger partial charge < -0.3 is 19.7 Å². The second kappa shape index (κ2) is 7.62. The molecule has 1 N–H and O–H groups in total. The van der Waals surface area contributed by atoms with Gasteiger partial charge in [0, 0.05) is 13.1 Å². The van der Waals surface area contributed by atoms with Crippen LogP contribution >= 0.6 is 0 Å². The average Bonchev–Trinajstić information content (AvgIpc) is 2.51. The minimum absolute atomic E-state index is 0.201. The molecule has 0 spiro atoms. The standard InChI is InChI=1S/C16H20N2O5/c1-11(15(20)22-2)17-14(19)13-8-18(9-13)16(21)23-10-12-6-4-3-5-7-12/h3-7,11,13H,8-10H2,1-2H3,(H,17,19). The molecular formula is C16H20N2O5. The van der Waals surface area contributed by atoms with Gasteiger partial charge in [-0.15, -0.1) is 0 Å². The van der Waals surface area contributed by atoms with Crippen LogP contribution in [0.1, 0.15) is 12.5 Å². The van der Waals surface area contributed by atoms with Gasteiger partial charge in [-0.3, -0.25) is 4.79 Å².